The standard InChI is InChI=1S/C14H20ClNO2/c1-11(2)16-10-12-5-6-13(14(9-12)17-3)18-8-4-7-15/h4-7,9,11,16H,8,10H2,1-3H3/b7-4+. The fraction of sp³-hybridized carbons (Fsp3) is 0.429. The number of rotatable bonds is 7. The van der Waals surface area contributed by atoms with Gasteiger partial charge in [0, 0.05) is 18.1 Å². The molecule has 0 aromatic heterocycles. The van der Waals surface area contributed by atoms with Crippen molar-refractivity contribution >= 4 is 11.6 Å². The first-order chi connectivity index (χ1) is 8.67. The van der Waals surface area contributed by atoms with Gasteiger partial charge in [0.15, 0.2) is 11.5 Å². The van der Waals surface area contributed by atoms with Crippen LogP contribution < -0.4 is 14.8 Å². The van der Waals surface area contributed by atoms with Gasteiger partial charge in [-0.3, -0.25) is 0 Å². The molecule has 0 bridgehead atoms. The fourth-order valence-electron chi connectivity index (χ4n) is 1.44. The predicted molar refractivity (Wildman–Crippen MR) is 75.5 cm³/mol. The molecule has 0 aliphatic heterocycles. The summed E-state index contributed by atoms with van der Waals surface area (Å²) in [6, 6.07) is 6.38. The second kappa shape index (κ2) is 8.01. The van der Waals surface area contributed by atoms with Gasteiger partial charge in [-0.1, -0.05) is 31.5 Å². The molecule has 0 unspecified atom stereocenters. The summed E-state index contributed by atoms with van der Waals surface area (Å²) in [4.78, 5) is 0. The molecule has 100 valence electrons. The summed E-state index contributed by atoms with van der Waals surface area (Å²) < 4.78 is 10.8. The molecule has 0 aliphatic carbocycles. The zero-order valence-corrected chi connectivity index (χ0v) is 11.8. The predicted octanol–water partition coefficient (Wildman–Crippen LogP) is 3.32. The molecular weight excluding hydrogens is 250 g/mol. The van der Waals surface area contributed by atoms with E-state index < -0.39 is 0 Å². The van der Waals surface area contributed by atoms with Crippen LogP contribution in [0.2, 0.25) is 0 Å². The second-order valence-corrected chi connectivity index (χ2v) is 4.45. The molecule has 3 nitrogen and oxygen atoms in total. The molecule has 0 aliphatic rings. The van der Waals surface area contributed by atoms with E-state index in [0.717, 1.165) is 18.0 Å². The number of benzene rings is 1. The average Bonchev–Trinajstić information content (AvgIpc) is 2.37. The maximum absolute atomic E-state index is 5.53. The van der Waals surface area contributed by atoms with Gasteiger partial charge in [-0.25, -0.2) is 0 Å². The van der Waals surface area contributed by atoms with E-state index in [1.165, 1.54) is 11.1 Å². The largest absolute Gasteiger partial charge is 0.493 e. The molecule has 4 heteroatoms. The minimum absolute atomic E-state index is 0.434. The van der Waals surface area contributed by atoms with Crippen LogP contribution in [0, 0.1) is 0 Å². The van der Waals surface area contributed by atoms with Crippen molar-refractivity contribution in [1.82, 2.24) is 5.32 Å². The van der Waals surface area contributed by atoms with Crippen molar-refractivity contribution in [3.8, 4) is 11.5 Å². The minimum atomic E-state index is 0.434. The Hall–Kier alpha value is -1.19. The van der Waals surface area contributed by atoms with Gasteiger partial charge >= 0.3 is 0 Å². The lowest BCUT2D eigenvalue weighted by molar-refractivity contribution is 0.326. The van der Waals surface area contributed by atoms with Crippen molar-refractivity contribution in [2.24, 2.45) is 0 Å². The van der Waals surface area contributed by atoms with Gasteiger partial charge < -0.3 is 14.8 Å². The lowest BCUT2D eigenvalue weighted by atomic mass is 10.2. The van der Waals surface area contributed by atoms with Gasteiger partial charge in [-0.05, 0) is 23.8 Å². The van der Waals surface area contributed by atoms with Gasteiger partial charge in [-0.15, -0.1) is 0 Å². The third-order valence-corrected chi connectivity index (χ3v) is 2.54. The summed E-state index contributed by atoms with van der Waals surface area (Å²) in [6.45, 7) is 5.49. The molecule has 0 fully saturated rings. The normalized spacial score (nSPS) is 11.2. The van der Waals surface area contributed by atoms with Crippen molar-refractivity contribution in [2.45, 2.75) is 26.4 Å². The molecule has 1 aromatic carbocycles. The van der Waals surface area contributed by atoms with Crippen LogP contribution in [-0.4, -0.2) is 19.8 Å². The van der Waals surface area contributed by atoms with Crippen LogP contribution in [0.3, 0.4) is 0 Å². The molecule has 0 saturated carbocycles. The van der Waals surface area contributed by atoms with Gasteiger partial charge in [0.1, 0.15) is 6.61 Å². The van der Waals surface area contributed by atoms with Crippen LogP contribution in [0.1, 0.15) is 19.4 Å². The summed E-state index contributed by atoms with van der Waals surface area (Å²) in [5, 5.41) is 3.36. The Balaban J connectivity index is 2.69. The Bertz CT molecular complexity index is 391. The summed E-state index contributed by atoms with van der Waals surface area (Å²) in [5.41, 5.74) is 2.61. The van der Waals surface area contributed by atoms with Crippen molar-refractivity contribution in [3.05, 3.63) is 35.4 Å². The van der Waals surface area contributed by atoms with E-state index in [9.17, 15) is 0 Å². The van der Waals surface area contributed by atoms with Gasteiger partial charge in [0.25, 0.3) is 0 Å². The molecule has 0 heterocycles. The number of hydrogen-bond acceptors (Lipinski definition) is 3. The first-order valence-corrected chi connectivity index (χ1v) is 6.39. The minimum Gasteiger partial charge on any atom is -0.493 e. The van der Waals surface area contributed by atoms with Gasteiger partial charge in [0.05, 0.1) is 7.11 Å². The van der Waals surface area contributed by atoms with E-state index >= 15 is 0 Å². The first-order valence-electron chi connectivity index (χ1n) is 5.95. The van der Waals surface area contributed by atoms with E-state index in [1.54, 1.807) is 13.2 Å². The molecule has 1 rings (SSSR count). The molecule has 0 spiro atoms. The zero-order chi connectivity index (χ0) is 13.4. The lowest BCUT2D eigenvalue weighted by Crippen LogP contribution is -2.21. The summed E-state index contributed by atoms with van der Waals surface area (Å²) in [5.74, 6) is 1.46. The number of methoxy groups -OCH3 is 1. The highest BCUT2D eigenvalue weighted by Crippen LogP contribution is 2.28. The topological polar surface area (TPSA) is 30.5 Å². The molecule has 18 heavy (non-hydrogen) atoms. The van der Waals surface area contributed by atoms with Crippen LogP contribution in [0.15, 0.2) is 29.8 Å². The Morgan fingerprint density at radius 3 is 2.72 bits per heavy atom. The maximum Gasteiger partial charge on any atom is 0.161 e. The quantitative estimate of drug-likeness (QED) is 0.824. The van der Waals surface area contributed by atoms with Gasteiger partial charge in [-0.2, -0.15) is 0 Å². The van der Waals surface area contributed by atoms with Crippen LogP contribution in [0.4, 0.5) is 0 Å². The molecular formula is C14H20ClNO2. The Morgan fingerprint density at radius 2 is 2.11 bits per heavy atom. The van der Waals surface area contributed by atoms with E-state index in [4.69, 9.17) is 21.1 Å². The Morgan fingerprint density at radius 1 is 1.33 bits per heavy atom. The highest BCUT2D eigenvalue weighted by Gasteiger charge is 2.05. The number of nitrogens with one attached hydrogen (secondary N) is 1. The second-order valence-electron chi connectivity index (χ2n) is 4.19. The van der Waals surface area contributed by atoms with Crippen LogP contribution in [0.25, 0.3) is 0 Å². The van der Waals surface area contributed by atoms with Crippen molar-refractivity contribution in [2.75, 3.05) is 13.7 Å². The molecule has 0 radical (unpaired) electrons. The number of hydrogen-bond donors (Lipinski definition) is 1. The number of ether oxygens (including phenoxy) is 2. The van der Waals surface area contributed by atoms with E-state index in [1.807, 2.05) is 18.2 Å². The van der Waals surface area contributed by atoms with E-state index in [2.05, 4.69) is 19.2 Å². The Labute approximate surface area is 114 Å². The van der Waals surface area contributed by atoms with Crippen molar-refractivity contribution in [3.63, 3.8) is 0 Å². The molecule has 1 N–H and O–H groups in total. The highest BCUT2D eigenvalue weighted by atomic mass is 35.5. The summed E-state index contributed by atoms with van der Waals surface area (Å²) in [6.07, 6.45) is 1.73. The van der Waals surface area contributed by atoms with E-state index in [-0.39, 0.29) is 0 Å². The third kappa shape index (κ3) is 4.98. The summed E-state index contributed by atoms with van der Waals surface area (Å²) >= 11 is 5.44. The molecule has 1 aromatic rings. The molecule has 0 atom stereocenters. The van der Waals surface area contributed by atoms with Crippen LogP contribution in [0.5, 0.6) is 11.5 Å². The zero-order valence-electron chi connectivity index (χ0n) is 11.1. The van der Waals surface area contributed by atoms with Gasteiger partial charge in [0.2, 0.25) is 0 Å². The summed E-state index contributed by atoms with van der Waals surface area (Å²) in [7, 11) is 1.64. The number of halogens is 1. The average molecular weight is 270 g/mol. The van der Waals surface area contributed by atoms with E-state index in [0.29, 0.717) is 12.6 Å². The monoisotopic (exact) mass is 269 g/mol. The Kier molecular flexibility index (Phi) is 6.61. The van der Waals surface area contributed by atoms with Crippen molar-refractivity contribution < 1.29 is 9.47 Å². The van der Waals surface area contributed by atoms with Crippen LogP contribution >= 0.6 is 11.6 Å². The first kappa shape index (κ1) is 14.9. The molecule has 0 amide bonds. The maximum atomic E-state index is 5.53. The smallest absolute Gasteiger partial charge is 0.161 e. The highest BCUT2D eigenvalue weighted by molar-refractivity contribution is 6.25. The van der Waals surface area contributed by atoms with Crippen LogP contribution in [-0.2, 0) is 6.54 Å². The SMILES string of the molecule is COc1cc(CNC(C)C)ccc1OC/C=C/Cl. The van der Waals surface area contributed by atoms with Crippen molar-refractivity contribution in [1.29, 1.82) is 0 Å². The third-order valence-electron chi connectivity index (χ3n) is 2.37. The lowest BCUT2D eigenvalue weighted by Gasteiger charge is -2.12. The fourth-order valence-corrected chi connectivity index (χ4v) is 1.51. The molecule has 0 saturated heterocycles.